The minimum Gasteiger partial charge on any atom is -0.452 e. The number of halogens is 1. The number of aromatic nitrogens is 2. The predicted molar refractivity (Wildman–Crippen MR) is 113 cm³/mol. The third-order valence-corrected chi connectivity index (χ3v) is 4.94. The predicted octanol–water partition coefficient (Wildman–Crippen LogP) is 3.47. The van der Waals surface area contributed by atoms with Gasteiger partial charge in [0, 0.05) is 36.8 Å². The summed E-state index contributed by atoms with van der Waals surface area (Å²) in [6.07, 6.45) is 1.56. The third kappa shape index (κ3) is 4.41. The number of nitrogens with two attached hydrogens (primary N) is 1. The summed E-state index contributed by atoms with van der Waals surface area (Å²) in [5.74, 6) is 1.95. The van der Waals surface area contributed by atoms with Crippen molar-refractivity contribution in [3.8, 4) is 11.5 Å². The maximum Gasteiger partial charge on any atom is 0.253 e. The Kier molecular flexibility index (Phi) is 5.48. The second-order valence-corrected chi connectivity index (χ2v) is 7.05. The number of carbonyl (C=O) groups is 1. The largest absolute Gasteiger partial charge is 0.452 e. The van der Waals surface area contributed by atoms with Crippen LogP contribution in [0.5, 0.6) is 11.5 Å². The fraction of sp³-hybridized carbons (Fsp3) is 0.190. The van der Waals surface area contributed by atoms with E-state index in [1.165, 1.54) is 0 Å². The lowest BCUT2D eigenvalue weighted by Gasteiger charge is -2.36. The monoisotopic (exact) mass is 409 g/mol. The van der Waals surface area contributed by atoms with Crippen molar-refractivity contribution in [1.82, 2.24) is 14.9 Å². The van der Waals surface area contributed by atoms with Crippen molar-refractivity contribution in [3.63, 3.8) is 0 Å². The summed E-state index contributed by atoms with van der Waals surface area (Å²) >= 11 is 5.93. The molecule has 1 amide bonds. The van der Waals surface area contributed by atoms with E-state index in [4.69, 9.17) is 22.1 Å². The van der Waals surface area contributed by atoms with Crippen molar-refractivity contribution in [3.05, 3.63) is 71.4 Å². The number of hydrogen-bond acceptors (Lipinski definition) is 6. The maximum absolute atomic E-state index is 12.7. The zero-order valence-corrected chi connectivity index (χ0v) is 16.4. The van der Waals surface area contributed by atoms with E-state index in [0.29, 0.717) is 54.1 Å². The quantitative estimate of drug-likeness (QED) is 0.710. The van der Waals surface area contributed by atoms with Gasteiger partial charge in [0.1, 0.15) is 5.75 Å². The van der Waals surface area contributed by atoms with Crippen LogP contribution in [0.15, 0.2) is 60.8 Å². The smallest absolute Gasteiger partial charge is 0.253 e. The molecular formula is C21H20ClN5O2. The Morgan fingerprint density at radius 1 is 1.00 bits per heavy atom. The van der Waals surface area contributed by atoms with Crippen LogP contribution in [-0.4, -0.2) is 47.0 Å². The number of carbonyl (C=O) groups excluding carboxylic acids is 1. The molecule has 1 saturated heterocycles. The molecule has 3 aromatic rings. The average Bonchev–Trinajstić information content (AvgIpc) is 2.77. The third-order valence-electron chi connectivity index (χ3n) is 4.68. The molecule has 0 radical (unpaired) electrons. The van der Waals surface area contributed by atoms with Gasteiger partial charge >= 0.3 is 0 Å². The van der Waals surface area contributed by atoms with E-state index in [2.05, 4.69) is 14.9 Å². The van der Waals surface area contributed by atoms with Crippen LogP contribution in [0.4, 0.5) is 11.8 Å². The lowest BCUT2D eigenvalue weighted by Crippen LogP contribution is -2.49. The van der Waals surface area contributed by atoms with Gasteiger partial charge in [-0.15, -0.1) is 0 Å². The average molecular weight is 410 g/mol. The zero-order chi connectivity index (χ0) is 20.2. The zero-order valence-electron chi connectivity index (χ0n) is 15.7. The van der Waals surface area contributed by atoms with E-state index >= 15 is 0 Å². The molecule has 4 rings (SSSR count). The van der Waals surface area contributed by atoms with Crippen LogP contribution in [0, 0.1) is 0 Å². The number of nitrogen functional groups attached to an aromatic ring is 1. The van der Waals surface area contributed by atoms with Gasteiger partial charge in [-0.05, 0) is 36.4 Å². The molecule has 1 fully saturated rings. The Hall–Kier alpha value is -3.32. The SMILES string of the molecule is Nc1ncc(Oc2ccc(Cl)cc2)c(N2CCN(C(=O)c3ccccc3)CC2)n1. The van der Waals surface area contributed by atoms with E-state index in [1.54, 1.807) is 30.5 Å². The van der Waals surface area contributed by atoms with Crippen LogP contribution in [0.25, 0.3) is 0 Å². The number of rotatable bonds is 4. The van der Waals surface area contributed by atoms with E-state index in [9.17, 15) is 4.79 Å². The van der Waals surface area contributed by atoms with Crippen LogP contribution in [0.2, 0.25) is 5.02 Å². The highest BCUT2D eigenvalue weighted by atomic mass is 35.5. The molecule has 2 heterocycles. The molecule has 0 unspecified atom stereocenters. The van der Waals surface area contributed by atoms with Crippen molar-refractivity contribution >= 4 is 29.3 Å². The highest BCUT2D eigenvalue weighted by Crippen LogP contribution is 2.31. The number of ether oxygens (including phenoxy) is 1. The Bertz CT molecular complexity index is 990. The first-order chi connectivity index (χ1) is 14.1. The van der Waals surface area contributed by atoms with Gasteiger partial charge in [-0.25, -0.2) is 4.98 Å². The Balaban J connectivity index is 1.48. The molecule has 0 bridgehead atoms. The summed E-state index contributed by atoms with van der Waals surface area (Å²) in [7, 11) is 0. The highest BCUT2D eigenvalue weighted by molar-refractivity contribution is 6.30. The fourth-order valence-corrected chi connectivity index (χ4v) is 3.31. The summed E-state index contributed by atoms with van der Waals surface area (Å²) in [5, 5.41) is 0.630. The number of hydrogen-bond donors (Lipinski definition) is 1. The van der Waals surface area contributed by atoms with E-state index in [0.717, 1.165) is 0 Å². The summed E-state index contributed by atoms with van der Waals surface area (Å²) in [5.41, 5.74) is 6.51. The van der Waals surface area contributed by atoms with E-state index in [1.807, 2.05) is 35.2 Å². The molecule has 2 aromatic carbocycles. The minimum atomic E-state index is 0.0325. The standard InChI is InChI=1S/C21H20ClN5O2/c22-16-6-8-17(9-7-16)29-18-14-24-21(23)25-19(18)26-10-12-27(13-11-26)20(28)15-4-2-1-3-5-15/h1-9,14H,10-13H2,(H2,23,24,25). The van der Waals surface area contributed by atoms with Crippen LogP contribution < -0.4 is 15.4 Å². The summed E-state index contributed by atoms with van der Waals surface area (Å²) in [6.45, 7) is 2.40. The second-order valence-electron chi connectivity index (χ2n) is 6.62. The molecule has 148 valence electrons. The van der Waals surface area contributed by atoms with Crippen molar-refractivity contribution in [2.24, 2.45) is 0 Å². The highest BCUT2D eigenvalue weighted by Gasteiger charge is 2.25. The van der Waals surface area contributed by atoms with E-state index < -0.39 is 0 Å². The van der Waals surface area contributed by atoms with Crippen molar-refractivity contribution < 1.29 is 9.53 Å². The Morgan fingerprint density at radius 3 is 2.38 bits per heavy atom. The Morgan fingerprint density at radius 2 is 1.69 bits per heavy atom. The van der Waals surface area contributed by atoms with Crippen LogP contribution in [0.3, 0.4) is 0 Å². The lowest BCUT2D eigenvalue weighted by atomic mass is 10.2. The molecule has 7 nitrogen and oxygen atoms in total. The molecule has 8 heteroatoms. The van der Waals surface area contributed by atoms with Gasteiger partial charge in [-0.1, -0.05) is 29.8 Å². The molecule has 0 spiro atoms. The summed E-state index contributed by atoms with van der Waals surface area (Å²) in [4.78, 5) is 25.0. The topological polar surface area (TPSA) is 84.6 Å². The molecule has 2 N–H and O–H groups in total. The molecule has 0 aliphatic carbocycles. The first-order valence-electron chi connectivity index (χ1n) is 9.25. The van der Waals surface area contributed by atoms with E-state index in [-0.39, 0.29) is 11.9 Å². The first-order valence-corrected chi connectivity index (χ1v) is 9.63. The second kappa shape index (κ2) is 8.36. The molecule has 29 heavy (non-hydrogen) atoms. The minimum absolute atomic E-state index is 0.0325. The van der Waals surface area contributed by atoms with Gasteiger partial charge in [0.25, 0.3) is 5.91 Å². The fourth-order valence-electron chi connectivity index (χ4n) is 3.19. The molecule has 1 aromatic heterocycles. The lowest BCUT2D eigenvalue weighted by molar-refractivity contribution is 0.0746. The molecule has 0 saturated carbocycles. The number of anilines is 2. The van der Waals surface area contributed by atoms with Crippen LogP contribution in [-0.2, 0) is 0 Å². The Labute approximate surface area is 173 Å². The summed E-state index contributed by atoms with van der Waals surface area (Å²) < 4.78 is 5.95. The number of benzene rings is 2. The number of piperazine rings is 1. The van der Waals surface area contributed by atoms with Gasteiger partial charge in [-0.2, -0.15) is 4.98 Å². The first kappa shape index (κ1) is 19.0. The van der Waals surface area contributed by atoms with Gasteiger partial charge in [0.15, 0.2) is 11.6 Å². The molecular weight excluding hydrogens is 390 g/mol. The van der Waals surface area contributed by atoms with Gasteiger partial charge in [0.2, 0.25) is 5.95 Å². The van der Waals surface area contributed by atoms with Crippen LogP contribution in [0.1, 0.15) is 10.4 Å². The number of amides is 1. The molecule has 1 aliphatic rings. The summed E-state index contributed by atoms with van der Waals surface area (Å²) in [6, 6.07) is 16.4. The maximum atomic E-state index is 12.7. The van der Waals surface area contributed by atoms with Crippen molar-refractivity contribution in [1.29, 1.82) is 0 Å². The van der Waals surface area contributed by atoms with Gasteiger partial charge in [0.05, 0.1) is 6.20 Å². The number of nitrogens with zero attached hydrogens (tertiary/aromatic N) is 4. The molecule has 1 aliphatic heterocycles. The van der Waals surface area contributed by atoms with Crippen molar-refractivity contribution in [2.45, 2.75) is 0 Å². The molecule has 0 atom stereocenters. The van der Waals surface area contributed by atoms with Gasteiger partial charge in [-0.3, -0.25) is 4.79 Å². The van der Waals surface area contributed by atoms with Crippen LogP contribution >= 0.6 is 11.6 Å². The normalized spacial score (nSPS) is 14.0. The van der Waals surface area contributed by atoms with Gasteiger partial charge < -0.3 is 20.3 Å². The van der Waals surface area contributed by atoms with Crippen molar-refractivity contribution in [2.75, 3.05) is 36.8 Å².